The van der Waals surface area contributed by atoms with Gasteiger partial charge < -0.3 is 5.73 Å². The van der Waals surface area contributed by atoms with E-state index in [4.69, 9.17) is 16.4 Å². The molecule has 0 bridgehead atoms. The number of halogens is 1. The molecular formula is C14H16ClNO6S3. The van der Waals surface area contributed by atoms with Gasteiger partial charge in [-0.25, -0.2) is 25.3 Å². The van der Waals surface area contributed by atoms with Gasteiger partial charge in [-0.2, -0.15) is 0 Å². The van der Waals surface area contributed by atoms with Crippen LogP contribution in [0.2, 0.25) is 0 Å². The molecule has 0 radical (unpaired) electrons. The van der Waals surface area contributed by atoms with E-state index >= 15 is 0 Å². The van der Waals surface area contributed by atoms with E-state index in [2.05, 4.69) is 0 Å². The summed E-state index contributed by atoms with van der Waals surface area (Å²) in [4.78, 5) is -0.473. The number of benzene rings is 2. The number of rotatable bonds is 3. The summed E-state index contributed by atoms with van der Waals surface area (Å²) in [6.45, 7) is 0. The Hall–Kier alpha value is -1.62. The Morgan fingerprint density at radius 1 is 0.680 bits per heavy atom. The van der Waals surface area contributed by atoms with Crippen molar-refractivity contribution in [2.24, 2.45) is 0 Å². The van der Waals surface area contributed by atoms with Crippen molar-refractivity contribution >= 4 is 45.1 Å². The molecule has 0 aliphatic rings. The van der Waals surface area contributed by atoms with E-state index in [0.717, 1.165) is 18.6 Å². The summed E-state index contributed by atoms with van der Waals surface area (Å²) in [5.74, 6) is 0. The number of hydrogen-bond acceptors (Lipinski definition) is 7. The SMILES string of the molecule is CS(=O)(=O)c1ccccc1N.CS(=O)(=O)c1ccccc1S(=O)(=O)Cl. The maximum Gasteiger partial charge on any atom is 0.262 e. The van der Waals surface area contributed by atoms with Crippen molar-refractivity contribution in [1.29, 1.82) is 0 Å². The van der Waals surface area contributed by atoms with Crippen LogP contribution in [0.3, 0.4) is 0 Å². The standard InChI is InChI=1S/C7H7ClO4S2.C7H9NO2S/c1-13(9,10)6-4-2-3-5-7(6)14(8,11)12;1-11(9,10)7-5-3-2-4-6(7)8/h2-5H,1H3;2-5H,8H2,1H3. The summed E-state index contributed by atoms with van der Waals surface area (Å²) >= 11 is 0. The predicted octanol–water partition coefficient (Wildman–Crippen LogP) is 1.69. The average molecular weight is 426 g/mol. The lowest BCUT2D eigenvalue weighted by Crippen LogP contribution is -2.04. The summed E-state index contributed by atoms with van der Waals surface area (Å²) in [5.41, 5.74) is 5.73. The second-order valence-corrected chi connectivity index (χ2v) is 11.5. The molecule has 2 aromatic rings. The molecule has 7 nitrogen and oxygen atoms in total. The quantitative estimate of drug-likeness (QED) is 0.585. The Bertz CT molecular complexity index is 1030. The molecule has 25 heavy (non-hydrogen) atoms. The molecule has 0 fully saturated rings. The molecule has 0 unspecified atom stereocenters. The first-order chi connectivity index (χ1) is 11.2. The third-order valence-electron chi connectivity index (χ3n) is 2.83. The van der Waals surface area contributed by atoms with Gasteiger partial charge in [-0.3, -0.25) is 0 Å². The number of sulfone groups is 2. The van der Waals surface area contributed by atoms with E-state index in [1.165, 1.54) is 24.3 Å². The molecule has 0 spiro atoms. The highest BCUT2D eigenvalue weighted by molar-refractivity contribution is 8.14. The lowest BCUT2D eigenvalue weighted by molar-refractivity contribution is 0.592. The first-order valence-electron chi connectivity index (χ1n) is 6.53. The molecule has 0 saturated carbocycles. The molecular weight excluding hydrogens is 410 g/mol. The number of anilines is 1. The van der Waals surface area contributed by atoms with Crippen molar-refractivity contribution in [3.05, 3.63) is 48.5 Å². The topological polar surface area (TPSA) is 128 Å². The second-order valence-electron chi connectivity index (χ2n) is 4.97. The Kier molecular flexibility index (Phi) is 6.62. The van der Waals surface area contributed by atoms with Crippen LogP contribution in [0, 0.1) is 0 Å². The summed E-state index contributed by atoms with van der Waals surface area (Å²) in [5, 5.41) is 0. The first-order valence-corrected chi connectivity index (χ1v) is 12.6. The summed E-state index contributed by atoms with van der Waals surface area (Å²) < 4.78 is 66.3. The van der Waals surface area contributed by atoms with Crippen LogP contribution in [-0.2, 0) is 28.7 Å². The predicted molar refractivity (Wildman–Crippen MR) is 96.6 cm³/mol. The zero-order valence-corrected chi connectivity index (χ0v) is 16.5. The van der Waals surface area contributed by atoms with Crippen LogP contribution >= 0.6 is 10.7 Å². The fourth-order valence-corrected chi connectivity index (χ4v) is 5.23. The molecule has 0 aliphatic heterocycles. The lowest BCUT2D eigenvalue weighted by Gasteiger charge is -2.03. The van der Waals surface area contributed by atoms with Crippen molar-refractivity contribution in [3.63, 3.8) is 0 Å². The normalized spacial score (nSPS) is 12.1. The second kappa shape index (κ2) is 7.73. The molecule has 2 aromatic carbocycles. The zero-order chi connectivity index (χ0) is 19.5. The number of para-hydroxylation sites is 1. The maximum absolute atomic E-state index is 11.2. The van der Waals surface area contributed by atoms with E-state index in [1.54, 1.807) is 18.2 Å². The Morgan fingerprint density at radius 2 is 1.04 bits per heavy atom. The van der Waals surface area contributed by atoms with Gasteiger partial charge in [-0.15, -0.1) is 0 Å². The Balaban J connectivity index is 0.000000257. The van der Waals surface area contributed by atoms with Crippen LogP contribution in [-0.4, -0.2) is 37.8 Å². The summed E-state index contributed by atoms with van der Waals surface area (Å²) in [6, 6.07) is 11.6. The van der Waals surface area contributed by atoms with Crippen molar-refractivity contribution in [2.75, 3.05) is 18.2 Å². The van der Waals surface area contributed by atoms with E-state index in [1.807, 2.05) is 0 Å². The minimum Gasteiger partial charge on any atom is -0.398 e. The van der Waals surface area contributed by atoms with Crippen molar-refractivity contribution in [2.45, 2.75) is 14.7 Å². The highest BCUT2D eigenvalue weighted by Crippen LogP contribution is 2.23. The fourth-order valence-electron chi connectivity index (χ4n) is 1.78. The minimum atomic E-state index is -4.02. The van der Waals surface area contributed by atoms with Crippen LogP contribution < -0.4 is 5.73 Å². The highest BCUT2D eigenvalue weighted by Gasteiger charge is 2.20. The van der Waals surface area contributed by atoms with Crippen molar-refractivity contribution in [3.8, 4) is 0 Å². The third kappa shape index (κ3) is 6.31. The van der Waals surface area contributed by atoms with Crippen LogP contribution in [0.1, 0.15) is 0 Å². The van der Waals surface area contributed by atoms with Gasteiger partial charge in [0.25, 0.3) is 9.05 Å². The van der Waals surface area contributed by atoms with Crippen molar-refractivity contribution < 1.29 is 25.3 Å². The lowest BCUT2D eigenvalue weighted by atomic mass is 10.3. The van der Waals surface area contributed by atoms with Crippen LogP contribution in [0.25, 0.3) is 0 Å². The minimum absolute atomic E-state index is 0.194. The molecule has 11 heteroatoms. The molecule has 0 aliphatic carbocycles. The summed E-state index contributed by atoms with van der Waals surface area (Å²) in [7, 11) is -5.68. The van der Waals surface area contributed by atoms with Gasteiger partial charge >= 0.3 is 0 Å². The fraction of sp³-hybridized carbons (Fsp3) is 0.143. The van der Waals surface area contributed by atoms with Gasteiger partial charge in [-0.05, 0) is 24.3 Å². The smallest absolute Gasteiger partial charge is 0.262 e. The maximum atomic E-state index is 11.2. The van der Waals surface area contributed by atoms with Crippen LogP contribution in [0.4, 0.5) is 5.69 Å². The average Bonchev–Trinajstić information content (AvgIpc) is 2.45. The van der Waals surface area contributed by atoms with Crippen molar-refractivity contribution in [1.82, 2.24) is 0 Å². The molecule has 2 N–H and O–H groups in total. The highest BCUT2D eigenvalue weighted by atomic mass is 35.7. The van der Waals surface area contributed by atoms with E-state index in [0.29, 0.717) is 5.69 Å². The van der Waals surface area contributed by atoms with Gasteiger partial charge in [0, 0.05) is 23.2 Å². The number of nitrogens with two attached hydrogens (primary N) is 1. The van der Waals surface area contributed by atoms with Gasteiger partial charge in [0.15, 0.2) is 19.7 Å². The third-order valence-corrected chi connectivity index (χ3v) is 6.66. The molecule has 0 atom stereocenters. The van der Waals surface area contributed by atoms with Gasteiger partial charge in [0.1, 0.15) is 4.90 Å². The molecule has 0 saturated heterocycles. The van der Waals surface area contributed by atoms with E-state index < -0.39 is 28.7 Å². The number of hydrogen-bond donors (Lipinski definition) is 1. The Labute approximate surface area is 151 Å². The van der Waals surface area contributed by atoms with E-state index in [-0.39, 0.29) is 14.7 Å². The molecule has 0 amide bonds. The monoisotopic (exact) mass is 425 g/mol. The Morgan fingerprint density at radius 3 is 1.32 bits per heavy atom. The van der Waals surface area contributed by atoms with Gasteiger partial charge in [0.2, 0.25) is 0 Å². The zero-order valence-electron chi connectivity index (χ0n) is 13.2. The first kappa shape index (κ1) is 21.4. The molecule has 0 heterocycles. The van der Waals surface area contributed by atoms with Gasteiger partial charge in [0.05, 0.1) is 15.5 Å². The van der Waals surface area contributed by atoms with Crippen LogP contribution in [0.15, 0.2) is 63.2 Å². The van der Waals surface area contributed by atoms with Gasteiger partial charge in [-0.1, -0.05) is 24.3 Å². The number of nitrogen functional groups attached to an aromatic ring is 1. The molecule has 0 aromatic heterocycles. The van der Waals surface area contributed by atoms with E-state index in [9.17, 15) is 25.3 Å². The largest absolute Gasteiger partial charge is 0.398 e. The molecule has 138 valence electrons. The van der Waals surface area contributed by atoms with Crippen LogP contribution in [0.5, 0.6) is 0 Å². The summed E-state index contributed by atoms with van der Waals surface area (Å²) in [6.07, 6.45) is 2.06. The molecule has 2 rings (SSSR count).